The number of nitrogens with one attached hydrogen (secondary N) is 2. The fourth-order valence-electron chi connectivity index (χ4n) is 3.28. The van der Waals surface area contributed by atoms with E-state index in [1.807, 2.05) is 24.3 Å². The molecule has 2 N–H and O–H groups in total. The van der Waals surface area contributed by atoms with Crippen LogP contribution in [0.3, 0.4) is 0 Å². The van der Waals surface area contributed by atoms with Crippen molar-refractivity contribution in [1.82, 2.24) is 20.2 Å². The summed E-state index contributed by atoms with van der Waals surface area (Å²) in [5, 5.41) is 6.02. The van der Waals surface area contributed by atoms with Crippen molar-refractivity contribution in [1.29, 1.82) is 0 Å². The van der Waals surface area contributed by atoms with Crippen molar-refractivity contribution in [3.8, 4) is 0 Å². The number of carbonyl (C=O) groups excluding carboxylic acids is 2. The molecule has 3 rings (SSSR count). The SMILES string of the molecule is [2H]C([2H])([2H])N(C(=O)C=C)[C@@H](C)C(=O)NCCc1cccc(Nc2cnc(CC)c(C3CC3)n2)c1. The molecule has 7 nitrogen and oxygen atoms in total. The second-order valence-corrected chi connectivity index (χ2v) is 7.67. The van der Waals surface area contributed by atoms with Gasteiger partial charge in [0.25, 0.3) is 0 Å². The van der Waals surface area contributed by atoms with Crippen LogP contribution in [-0.2, 0) is 22.4 Å². The number of amides is 2. The van der Waals surface area contributed by atoms with Crippen LogP contribution in [0.25, 0.3) is 0 Å². The van der Waals surface area contributed by atoms with Crippen LogP contribution in [0.4, 0.5) is 11.5 Å². The van der Waals surface area contributed by atoms with Crippen molar-refractivity contribution in [2.45, 2.75) is 51.5 Å². The van der Waals surface area contributed by atoms with E-state index in [-0.39, 0.29) is 0 Å². The van der Waals surface area contributed by atoms with Gasteiger partial charge in [-0.15, -0.1) is 0 Å². The summed E-state index contributed by atoms with van der Waals surface area (Å²) in [6.07, 6.45) is 6.37. The number of carbonyl (C=O) groups is 2. The van der Waals surface area contributed by atoms with E-state index in [0.29, 0.717) is 29.6 Å². The first-order valence-corrected chi connectivity index (χ1v) is 10.6. The first-order valence-electron chi connectivity index (χ1n) is 12.1. The Kier molecular flexibility index (Phi) is 6.10. The highest BCUT2D eigenvalue weighted by atomic mass is 16.2. The van der Waals surface area contributed by atoms with Crippen LogP contribution >= 0.6 is 0 Å². The average Bonchev–Trinajstić information content (AvgIpc) is 3.63. The summed E-state index contributed by atoms with van der Waals surface area (Å²) in [4.78, 5) is 34.3. The van der Waals surface area contributed by atoms with Gasteiger partial charge >= 0.3 is 0 Å². The highest BCUT2D eigenvalue weighted by Crippen LogP contribution is 2.40. The van der Waals surface area contributed by atoms with E-state index in [0.717, 1.165) is 48.0 Å². The van der Waals surface area contributed by atoms with E-state index < -0.39 is 24.8 Å². The first kappa shape index (κ1) is 18.5. The minimum absolute atomic E-state index is 0.292. The number of nitrogens with zero attached hydrogens (tertiary/aromatic N) is 3. The van der Waals surface area contributed by atoms with Gasteiger partial charge < -0.3 is 15.5 Å². The lowest BCUT2D eigenvalue weighted by Crippen LogP contribution is -2.45. The van der Waals surface area contributed by atoms with Gasteiger partial charge in [-0.25, -0.2) is 4.98 Å². The molecular formula is C24H31N5O2. The van der Waals surface area contributed by atoms with Crippen LogP contribution < -0.4 is 10.6 Å². The van der Waals surface area contributed by atoms with E-state index in [2.05, 4.69) is 29.1 Å². The second-order valence-electron chi connectivity index (χ2n) is 7.67. The number of aryl methyl sites for hydroxylation is 1. The molecule has 0 aliphatic heterocycles. The van der Waals surface area contributed by atoms with Crippen molar-refractivity contribution in [2.24, 2.45) is 0 Å². The standard InChI is InChI=1S/C24H31N5O2/c1-5-20-23(18-10-11-18)28-21(15-26-20)27-19-9-7-8-17(14-19)12-13-25-24(31)16(3)29(4)22(30)6-2/h6-9,14-16,18H,2,5,10-13H2,1,3-4H3,(H,25,31)(H,27,28)/t16-/m0/s1/i4D3. The summed E-state index contributed by atoms with van der Waals surface area (Å²) in [5.74, 6) is -0.139. The molecule has 1 aliphatic carbocycles. The van der Waals surface area contributed by atoms with Gasteiger partial charge in [-0.1, -0.05) is 25.6 Å². The van der Waals surface area contributed by atoms with Gasteiger partial charge in [0.2, 0.25) is 11.8 Å². The molecule has 1 saturated carbocycles. The molecule has 1 atom stereocenters. The van der Waals surface area contributed by atoms with Crippen molar-refractivity contribution < 1.29 is 13.7 Å². The third-order valence-corrected chi connectivity index (χ3v) is 5.27. The summed E-state index contributed by atoms with van der Waals surface area (Å²) >= 11 is 0. The summed E-state index contributed by atoms with van der Waals surface area (Å²) in [5.41, 5.74) is 3.98. The number of hydrogen-bond donors (Lipinski definition) is 2. The van der Waals surface area contributed by atoms with Gasteiger partial charge in [0.1, 0.15) is 11.9 Å². The van der Waals surface area contributed by atoms with E-state index >= 15 is 0 Å². The van der Waals surface area contributed by atoms with Gasteiger partial charge in [0.15, 0.2) is 0 Å². The lowest BCUT2D eigenvalue weighted by Gasteiger charge is -2.22. The lowest BCUT2D eigenvalue weighted by atomic mass is 10.1. The minimum atomic E-state index is -2.74. The minimum Gasteiger partial charge on any atom is -0.354 e. The van der Waals surface area contributed by atoms with Crippen LogP contribution in [-0.4, -0.2) is 46.2 Å². The smallest absolute Gasteiger partial charge is 0.246 e. The molecule has 1 aromatic heterocycles. The van der Waals surface area contributed by atoms with Crippen LogP contribution in [0.2, 0.25) is 0 Å². The molecule has 0 radical (unpaired) electrons. The molecule has 1 aliphatic rings. The summed E-state index contributed by atoms with van der Waals surface area (Å²) in [7, 11) is 0. The predicted molar refractivity (Wildman–Crippen MR) is 122 cm³/mol. The maximum Gasteiger partial charge on any atom is 0.246 e. The zero-order chi connectivity index (χ0) is 24.9. The summed E-state index contributed by atoms with van der Waals surface area (Å²) in [6.45, 7) is 4.34. The Morgan fingerprint density at radius 1 is 1.42 bits per heavy atom. The maximum atomic E-state index is 12.5. The summed E-state index contributed by atoms with van der Waals surface area (Å²) in [6, 6.07) is 6.61. The quantitative estimate of drug-likeness (QED) is 0.571. The van der Waals surface area contributed by atoms with Crippen LogP contribution in [0.5, 0.6) is 0 Å². The zero-order valence-electron chi connectivity index (χ0n) is 21.0. The van der Waals surface area contributed by atoms with Gasteiger partial charge in [0.05, 0.1) is 17.6 Å². The molecule has 0 saturated heterocycles. The molecule has 1 aromatic carbocycles. The molecule has 7 heteroatoms. The van der Waals surface area contributed by atoms with Gasteiger partial charge in [-0.3, -0.25) is 14.6 Å². The number of hydrogen-bond acceptors (Lipinski definition) is 5. The molecule has 1 heterocycles. The Balaban J connectivity index is 1.59. The molecule has 2 amide bonds. The molecular weight excluding hydrogens is 390 g/mol. The fraction of sp³-hybridized carbons (Fsp3) is 0.417. The zero-order valence-corrected chi connectivity index (χ0v) is 18.0. The van der Waals surface area contributed by atoms with Gasteiger partial charge in [-0.05, 0) is 56.4 Å². The lowest BCUT2D eigenvalue weighted by molar-refractivity contribution is -0.135. The Hall–Kier alpha value is -3.22. The fourth-order valence-corrected chi connectivity index (χ4v) is 3.28. The van der Waals surface area contributed by atoms with Crippen LogP contribution in [0, 0.1) is 0 Å². The van der Waals surface area contributed by atoms with E-state index in [9.17, 15) is 9.59 Å². The molecule has 0 spiro atoms. The maximum absolute atomic E-state index is 12.5. The van der Waals surface area contributed by atoms with Crippen molar-refractivity contribution >= 4 is 23.3 Å². The van der Waals surface area contributed by atoms with Crippen LogP contribution in [0.15, 0.2) is 43.1 Å². The van der Waals surface area contributed by atoms with Gasteiger partial charge in [0, 0.05) is 29.2 Å². The van der Waals surface area contributed by atoms with Gasteiger partial charge in [-0.2, -0.15) is 0 Å². The molecule has 2 aromatic rings. The van der Waals surface area contributed by atoms with Crippen molar-refractivity contribution in [3.05, 3.63) is 60.1 Å². The monoisotopic (exact) mass is 424 g/mol. The normalized spacial score (nSPS) is 15.7. The van der Waals surface area contributed by atoms with Crippen molar-refractivity contribution in [3.63, 3.8) is 0 Å². The molecule has 0 unspecified atom stereocenters. The van der Waals surface area contributed by atoms with E-state index in [1.54, 1.807) is 6.20 Å². The Labute approximate surface area is 188 Å². The second kappa shape index (κ2) is 10.2. The number of aromatic nitrogens is 2. The largest absolute Gasteiger partial charge is 0.354 e. The molecule has 31 heavy (non-hydrogen) atoms. The molecule has 164 valence electrons. The number of rotatable bonds is 10. The Morgan fingerprint density at radius 3 is 2.90 bits per heavy atom. The molecule has 0 bridgehead atoms. The predicted octanol–water partition coefficient (Wildman–Crippen LogP) is 3.35. The Morgan fingerprint density at radius 2 is 2.23 bits per heavy atom. The number of likely N-dealkylation sites (N-methyl/N-ethyl adjacent to an activating group) is 1. The van der Waals surface area contributed by atoms with Crippen LogP contribution in [0.1, 0.15) is 53.7 Å². The number of benzene rings is 1. The Bertz CT molecular complexity index is 1050. The third kappa shape index (κ3) is 5.90. The van der Waals surface area contributed by atoms with Crippen molar-refractivity contribution in [2.75, 3.05) is 18.8 Å². The van der Waals surface area contributed by atoms with E-state index in [4.69, 9.17) is 9.10 Å². The summed E-state index contributed by atoms with van der Waals surface area (Å²) < 4.78 is 22.6. The number of anilines is 2. The highest BCUT2D eigenvalue weighted by Gasteiger charge is 2.28. The van der Waals surface area contributed by atoms with E-state index in [1.165, 1.54) is 6.92 Å². The average molecular weight is 425 g/mol. The highest BCUT2D eigenvalue weighted by molar-refractivity contribution is 5.92. The first-order chi connectivity index (χ1) is 16.1. The molecule has 1 fully saturated rings. The third-order valence-electron chi connectivity index (χ3n) is 5.27. The topological polar surface area (TPSA) is 87.2 Å².